The second kappa shape index (κ2) is 7.78. The molecule has 2 aromatic heterocycles. The first-order valence-electron chi connectivity index (χ1n) is 7.50. The summed E-state index contributed by atoms with van der Waals surface area (Å²) in [5.74, 6) is 0.948. The van der Waals surface area contributed by atoms with Crippen molar-refractivity contribution >= 4 is 18.2 Å². The molecule has 0 bridgehead atoms. The Hall–Kier alpha value is -3.61. The first kappa shape index (κ1) is 16.3. The lowest BCUT2D eigenvalue weighted by Crippen LogP contribution is -2.17. The molecule has 126 valence electrons. The number of carbonyl (C=O) groups is 1. The number of allylic oxidation sites excluding steroid dienone is 1. The maximum atomic E-state index is 12.0. The van der Waals surface area contributed by atoms with Gasteiger partial charge in [0.2, 0.25) is 0 Å². The van der Waals surface area contributed by atoms with Gasteiger partial charge in [-0.05, 0) is 30.4 Å². The van der Waals surface area contributed by atoms with Crippen LogP contribution < -0.4 is 10.2 Å². The van der Waals surface area contributed by atoms with Crippen molar-refractivity contribution in [3.05, 3.63) is 66.1 Å². The van der Waals surface area contributed by atoms with Crippen molar-refractivity contribution in [2.45, 2.75) is 0 Å². The van der Waals surface area contributed by atoms with Crippen molar-refractivity contribution in [2.24, 2.45) is 5.10 Å². The summed E-state index contributed by atoms with van der Waals surface area (Å²) in [4.78, 5) is 12.0. The fourth-order valence-electron chi connectivity index (χ4n) is 2.14. The van der Waals surface area contributed by atoms with E-state index < -0.39 is 5.91 Å². The predicted octanol–water partition coefficient (Wildman–Crippen LogP) is 3.11. The highest BCUT2D eigenvalue weighted by molar-refractivity contribution is 5.93. The number of hydrazone groups is 1. The normalized spacial score (nSPS) is 11.2. The molecular weight excluding hydrogens is 320 g/mol. The van der Waals surface area contributed by atoms with Gasteiger partial charge in [0.15, 0.2) is 11.5 Å². The van der Waals surface area contributed by atoms with Crippen molar-refractivity contribution in [1.29, 1.82) is 0 Å². The third-order valence-electron chi connectivity index (χ3n) is 3.34. The number of rotatable bonds is 6. The van der Waals surface area contributed by atoms with Crippen LogP contribution in [-0.2, 0) is 0 Å². The van der Waals surface area contributed by atoms with Crippen LogP contribution >= 0.6 is 0 Å². The number of methoxy groups -OCH3 is 1. The summed E-state index contributed by atoms with van der Waals surface area (Å²) in [5, 5.41) is 10.5. The molecule has 0 aliphatic carbocycles. The quantitative estimate of drug-likeness (QED) is 0.534. The number of para-hydroxylation sites is 1. The van der Waals surface area contributed by atoms with Crippen LogP contribution in [0.4, 0.5) is 0 Å². The average Bonchev–Trinajstić information content (AvgIpc) is 3.33. The van der Waals surface area contributed by atoms with Crippen molar-refractivity contribution < 1.29 is 13.9 Å². The lowest BCUT2D eigenvalue weighted by atomic mass is 10.2. The van der Waals surface area contributed by atoms with Crippen LogP contribution in [0.25, 0.3) is 17.5 Å². The topological polar surface area (TPSA) is 92.5 Å². The van der Waals surface area contributed by atoms with Gasteiger partial charge in [0.1, 0.15) is 11.4 Å². The number of furan rings is 1. The molecule has 0 atom stereocenters. The van der Waals surface area contributed by atoms with Crippen molar-refractivity contribution in [3.8, 4) is 17.2 Å². The molecule has 1 aromatic carbocycles. The fourth-order valence-corrected chi connectivity index (χ4v) is 2.14. The number of H-pyrrole nitrogens is 1. The van der Waals surface area contributed by atoms with Crippen molar-refractivity contribution in [1.82, 2.24) is 15.6 Å². The number of nitrogens with zero attached hydrogens (tertiary/aromatic N) is 2. The molecule has 7 heteroatoms. The third-order valence-corrected chi connectivity index (χ3v) is 3.34. The summed E-state index contributed by atoms with van der Waals surface area (Å²) in [5.41, 5.74) is 4.16. The van der Waals surface area contributed by atoms with Gasteiger partial charge < -0.3 is 9.15 Å². The van der Waals surface area contributed by atoms with E-state index in [1.165, 1.54) is 6.21 Å². The summed E-state index contributed by atoms with van der Waals surface area (Å²) in [6.07, 6.45) is 6.56. The van der Waals surface area contributed by atoms with Gasteiger partial charge in [0.05, 0.1) is 13.4 Å². The van der Waals surface area contributed by atoms with E-state index in [0.29, 0.717) is 11.5 Å². The number of aromatic nitrogens is 2. The second-order valence-electron chi connectivity index (χ2n) is 4.96. The van der Waals surface area contributed by atoms with Gasteiger partial charge in [-0.2, -0.15) is 10.2 Å². The monoisotopic (exact) mass is 336 g/mol. The molecule has 0 aliphatic rings. The van der Waals surface area contributed by atoms with Crippen LogP contribution in [0.5, 0.6) is 5.75 Å². The standard InChI is InChI=1S/C18H16N4O3/c1-24-16-8-3-2-6-13(16)7-4-10-19-22-18(23)15-12-14(20-21-15)17-9-5-11-25-17/h2-12H,1H3,(H,20,21)(H,22,23)/b7-4+,19-10-. The number of carbonyl (C=O) groups excluding carboxylic acids is 1. The summed E-state index contributed by atoms with van der Waals surface area (Å²) in [6, 6.07) is 12.7. The van der Waals surface area contributed by atoms with E-state index in [2.05, 4.69) is 20.7 Å². The lowest BCUT2D eigenvalue weighted by Gasteiger charge is -2.02. The van der Waals surface area contributed by atoms with E-state index in [1.54, 1.807) is 37.6 Å². The molecule has 0 radical (unpaired) electrons. The zero-order valence-corrected chi connectivity index (χ0v) is 13.5. The zero-order valence-electron chi connectivity index (χ0n) is 13.5. The number of ether oxygens (including phenoxy) is 1. The van der Waals surface area contributed by atoms with E-state index in [4.69, 9.17) is 9.15 Å². The minimum absolute atomic E-state index is 0.220. The van der Waals surface area contributed by atoms with Crippen LogP contribution in [0.1, 0.15) is 16.1 Å². The SMILES string of the molecule is COc1ccccc1/C=C/C=N\NC(=O)c1cc(-c2ccco2)[nH]n1. The molecule has 0 saturated carbocycles. The first-order chi connectivity index (χ1) is 12.3. The highest BCUT2D eigenvalue weighted by Gasteiger charge is 2.11. The van der Waals surface area contributed by atoms with Crippen molar-refractivity contribution in [2.75, 3.05) is 7.11 Å². The van der Waals surface area contributed by atoms with Gasteiger partial charge in [-0.3, -0.25) is 9.89 Å². The third kappa shape index (κ3) is 4.03. The highest BCUT2D eigenvalue weighted by atomic mass is 16.5. The van der Waals surface area contributed by atoms with Crippen LogP contribution in [0, 0.1) is 0 Å². The summed E-state index contributed by atoms with van der Waals surface area (Å²) in [6.45, 7) is 0. The maximum absolute atomic E-state index is 12.0. The Bertz CT molecular complexity index is 895. The summed E-state index contributed by atoms with van der Waals surface area (Å²) in [7, 11) is 1.61. The molecule has 3 rings (SSSR count). The van der Waals surface area contributed by atoms with Gasteiger partial charge >= 0.3 is 0 Å². The van der Waals surface area contributed by atoms with Gasteiger partial charge in [-0.1, -0.05) is 18.2 Å². The molecule has 0 fully saturated rings. The largest absolute Gasteiger partial charge is 0.496 e. The molecule has 0 spiro atoms. The molecule has 3 aromatic rings. The molecule has 2 heterocycles. The predicted molar refractivity (Wildman–Crippen MR) is 94.3 cm³/mol. The van der Waals surface area contributed by atoms with Crippen LogP contribution in [0.2, 0.25) is 0 Å². The number of amides is 1. The number of nitrogens with one attached hydrogen (secondary N) is 2. The fraction of sp³-hybridized carbons (Fsp3) is 0.0556. The number of hydrogen-bond donors (Lipinski definition) is 2. The van der Waals surface area contributed by atoms with Gasteiger partial charge in [0.25, 0.3) is 5.91 Å². The second-order valence-corrected chi connectivity index (χ2v) is 4.96. The van der Waals surface area contributed by atoms with E-state index in [-0.39, 0.29) is 5.69 Å². The molecule has 7 nitrogen and oxygen atoms in total. The van der Waals surface area contributed by atoms with Crippen LogP contribution in [-0.4, -0.2) is 29.4 Å². The molecule has 0 saturated heterocycles. The molecule has 1 amide bonds. The smallest absolute Gasteiger partial charge is 0.291 e. The number of aromatic amines is 1. The van der Waals surface area contributed by atoms with Gasteiger partial charge in [-0.15, -0.1) is 0 Å². The van der Waals surface area contributed by atoms with Crippen LogP contribution in [0.3, 0.4) is 0 Å². The Morgan fingerprint density at radius 2 is 2.20 bits per heavy atom. The van der Waals surface area contributed by atoms with E-state index in [1.807, 2.05) is 30.3 Å². The Labute approximate surface area is 144 Å². The molecule has 0 unspecified atom stereocenters. The highest BCUT2D eigenvalue weighted by Crippen LogP contribution is 2.18. The minimum atomic E-state index is -0.420. The molecule has 25 heavy (non-hydrogen) atoms. The Kier molecular flexibility index (Phi) is 5.06. The van der Waals surface area contributed by atoms with Crippen LogP contribution in [0.15, 0.2) is 64.3 Å². The minimum Gasteiger partial charge on any atom is -0.496 e. The molecule has 2 N–H and O–H groups in total. The van der Waals surface area contributed by atoms with Gasteiger partial charge in [-0.25, -0.2) is 5.43 Å². The number of benzene rings is 1. The van der Waals surface area contributed by atoms with E-state index in [0.717, 1.165) is 11.3 Å². The average molecular weight is 336 g/mol. The lowest BCUT2D eigenvalue weighted by molar-refractivity contribution is 0.0950. The van der Waals surface area contributed by atoms with Gasteiger partial charge in [0, 0.05) is 17.8 Å². The zero-order chi connectivity index (χ0) is 17.5. The number of hydrogen-bond acceptors (Lipinski definition) is 5. The Morgan fingerprint density at radius 3 is 3.00 bits per heavy atom. The van der Waals surface area contributed by atoms with E-state index >= 15 is 0 Å². The Balaban J connectivity index is 1.57. The molecular formula is C18H16N4O3. The first-order valence-corrected chi connectivity index (χ1v) is 7.50. The maximum Gasteiger partial charge on any atom is 0.291 e. The summed E-state index contributed by atoms with van der Waals surface area (Å²) >= 11 is 0. The Morgan fingerprint density at radius 1 is 1.32 bits per heavy atom. The van der Waals surface area contributed by atoms with E-state index in [9.17, 15) is 4.79 Å². The van der Waals surface area contributed by atoms with Crippen molar-refractivity contribution in [3.63, 3.8) is 0 Å². The molecule has 0 aliphatic heterocycles. The summed E-state index contributed by atoms with van der Waals surface area (Å²) < 4.78 is 10.5.